The number of carbonyl (C=O) groups is 2. The second-order valence-corrected chi connectivity index (χ2v) is 18.8. The van der Waals surface area contributed by atoms with Crippen LogP contribution in [0.4, 0.5) is 0 Å². The average molecular weight is 1000 g/mol. The highest BCUT2D eigenvalue weighted by Gasteiger charge is 2.41. The minimum absolute atomic E-state index is 0.0310. The molecule has 6 rings (SSSR count). The summed E-state index contributed by atoms with van der Waals surface area (Å²) in [7, 11) is -16.8. The van der Waals surface area contributed by atoms with Gasteiger partial charge >= 0.3 is 35.1 Å². The molecule has 1 fully saturated rings. The van der Waals surface area contributed by atoms with Gasteiger partial charge in [-0.2, -0.15) is 8.62 Å². The van der Waals surface area contributed by atoms with Crippen molar-refractivity contribution in [1.82, 2.24) is 14.9 Å². The number of rotatable bonds is 12. The van der Waals surface area contributed by atoms with Gasteiger partial charge in [-0.15, -0.1) is 0 Å². The Morgan fingerprint density at radius 2 is 1.66 bits per heavy atom. The second-order valence-electron chi connectivity index (χ2n) is 12.7. The first-order valence-electron chi connectivity index (χ1n) is 16.8. The third-order valence-electron chi connectivity index (χ3n) is 8.57. The zero-order valence-corrected chi connectivity index (χ0v) is 36.0. The molecule has 3 aromatic rings. The number of H-pyrrole nitrogens is 1. The van der Waals surface area contributed by atoms with Crippen molar-refractivity contribution in [2.24, 2.45) is 0 Å². The van der Waals surface area contributed by atoms with Gasteiger partial charge in [0.15, 0.2) is 0 Å². The van der Waals surface area contributed by atoms with Gasteiger partial charge in [0.2, 0.25) is 5.43 Å². The molecule has 1 amide bonds. The van der Waals surface area contributed by atoms with Crippen LogP contribution in [0.3, 0.4) is 0 Å². The Morgan fingerprint density at radius 1 is 0.952 bits per heavy atom. The molecule has 3 aliphatic rings. The summed E-state index contributed by atoms with van der Waals surface area (Å²) in [6.07, 6.45) is -0.753. The van der Waals surface area contributed by atoms with E-state index in [4.69, 9.17) is 70.8 Å². The van der Waals surface area contributed by atoms with Crippen molar-refractivity contribution in [3.63, 3.8) is 0 Å². The number of phenolic OH excluding ortho intramolecular Hbond substituents is 1. The number of hydrogen-bond donors (Lipinski definition) is 9. The van der Waals surface area contributed by atoms with E-state index in [0.29, 0.717) is 0 Å². The maximum atomic E-state index is 13.4. The van der Waals surface area contributed by atoms with Gasteiger partial charge in [-0.05, 0) is 31.0 Å². The zero-order chi connectivity index (χ0) is 45.6. The Bertz CT molecular complexity index is 3070. The molecule has 0 saturated carbocycles. The van der Waals surface area contributed by atoms with Gasteiger partial charge in [-0.25, -0.2) is 23.3 Å². The van der Waals surface area contributed by atoms with Crippen molar-refractivity contribution in [2.75, 3.05) is 13.2 Å². The summed E-state index contributed by atoms with van der Waals surface area (Å²) in [6, 6.07) is 5.78. The van der Waals surface area contributed by atoms with E-state index in [1.807, 2.05) is 0 Å². The fourth-order valence-electron chi connectivity index (χ4n) is 6.07. The first-order chi connectivity index (χ1) is 28.8. The van der Waals surface area contributed by atoms with E-state index in [-0.39, 0.29) is 66.9 Å². The summed E-state index contributed by atoms with van der Waals surface area (Å²) >= 11 is 25.7. The predicted molar refractivity (Wildman–Crippen MR) is 216 cm³/mol. The van der Waals surface area contributed by atoms with Crippen LogP contribution in [0.1, 0.15) is 45.3 Å². The molecule has 29 heteroatoms. The van der Waals surface area contributed by atoms with Crippen LogP contribution in [-0.4, -0.2) is 70.5 Å². The molecule has 328 valence electrons. The number of carboxylic acid groups (broad SMARTS) is 1. The number of benzene rings is 3. The van der Waals surface area contributed by atoms with Crippen LogP contribution in [0, 0.1) is 17.3 Å². The molecule has 4 atom stereocenters. The van der Waals surface area contributed by atoms with Crippen molar-refractivity contribution in [2.45, 2.75) is 25.2 Å². The number of nitrogens with one attached hydrogen (secondary N) is 3. The summed E-state index contributed by atoms with van der Waals surface area (Å²) < 4.78 is 58.8. The first kappa shape index (κ1) is 47.1. The maximum Gasteiger partial charge on any atom is 0.490 e. The Hall–Kier alpha value is -4.36. The molecule has 3 heterocycles. The Kier molecular flexibility index (Phi) is 13.7. The minimum Gasteiger partial charge on any atom is -0.506 e. The first-order valence-corrected chi connectivity index (χ1v) is 22.8. The number of phosphoric acid groups is 3. The number of amides is 1. The van der Waals surface area contributed by atoms with Crippen LogP contribution in [0.25, 0.3) is 33.4 Å². The van der Waals surface area contributed by atoms with Crippen LogP contribution in [0.5, 0.6) is 5.75 Å². The molecule has 2 aliphatic heterocycles. The number of fused-ring (bicyclic) bond motifs is 2. The number of aromatic amines is 1. The summed E-state index contributed by atoms with van der Waals surface area (Å²) in [5, 5.41) is 30.1. The van der Waals surface area contributed by atoms with Crippen LogP contribution >= 0.6 is 69.9 Å². The fourth-order valence-corrected chi connectivity index (χ4v) is 10.1. The number of halogens is 4. The standard InChI is InChI=1S/C33H25Cl4N4O18P3/c34-18-6-15-23(9-21(18)42)57-24-10-22(43)19(35)7-16(24)26(15)27-20(36)8-17(29(37)28(27)32(45)46)31(44)39-5-1-2-13-11-41(33(47)40-30(13)38)25-4-3-14(56-25)12-55-61(51,52)59-62(53,54)58-60(48,49)50/h6-11,14,25,42H,3-5,12H2,(H,39,44)(H,45,46)(H,51,52)(H,53,54)(H2,38,40,47)(H2,48,49,50). The molecule has 1 saturated heterocycles. The number of phosphoric ester groups is 1. The lowest BCUT2D eigenvalue weighted by Gasteiger charge is -2.20. The van der Waals surface area contributed by atoms with Gasteiger partial charge in [-0.3, -0.25) is 29.1 Å². The lowest BCUT2D eigenvalue weighted by molar-refractivity contribution is -0.0244. The van der Waals surface area contributed by atoms with Gasteiger partial charge in [0.05, 0.1) is 56.0 Å². The summed E-state index contributed by atoms with van der Waals surface area (Å²) in [5.41, 5.74) is -3.11. The Morgan fingerprint density at radius 3 is 2.34 bits per heavy atom. The molecule has 9 N–H and O–H groups in total. The lowest BCUT2D eigenvalue weighted by Crippen LogP contribution is -2.34. The smallest absolute Gasteiger partial charge is 0.490 e. The van der Waals surface area contributed by atoms with Gasteiger partial charge in [-0.1, -0.05) is 58.2 Å². The number of hydrogen-bond acceptors (Lipinski definition) is 14. The molecule has 0 radical (unpaired) electrons. The molecular weight excluding hydrogens is 975 g/mol. The number of ether oxygens (including phenoxy) is 1. The van der Waals surface area contributed by atoms with E-state index in [9.17, 15) is 52.9 Å². The molecule has 62 heavy (non-hydrogen) atoms. The molecule has 1 aliphatic carbocycles. The highest BCUT2D eigenvalue weighted by atomic mass is 35.5. The second kappa shape index (κ2) is 18.0. The molecule has 4 unspecified atom stereocenters. The van der Waals surface area contributed by atoms with Gasteiger partial charge in [0.25, 0.3) is 5.91 Å². The highest BCUT2D eigenvalue weighted by molar-refractivity contribution is 7.66. The van der Waals surface area contributed by atoms with Crippen molar-refractivity contribution in [3.05, 3.63) is 99.5 Å². The number of carboxylic acids is 1. The van der Waals surface area contributed by atoms with E-state index in [0.717, 1.165) is 29.0 Å². The lowest BCUT2D eigenvalue weighted by atomic mass is 9.89. The van der Waals surface area contributed by atoms with Gasteiger partial charge in [0, 0.05) is 40.4 Å². The van der Waals surface area contributed by atoms with Crippen molar-refractivity contribution in [3.8, 4) is 40.0 Å². The predicted octanol–water partition coefficient (Wildman–Crippen LogP) is 5.35. The number of nitrogens with zero attached hydrogens (tertiary/aromatic N) is 1. The monoisotopic (exact) mass is 998 g/mol. The Labute approximate surface area is 364 Å². The van der Waals surface area contributed by atoms with E-state index < -0.39 is 99.3 Å². The number of phenols is 1. The molecule has 0 spiro atoms. The summed E-state index contributed by atoms with van der Waals surface area (Å²) in [4.78, 5) is 90.0. The highest BCUT2D eigenvalue weighted by Crippen LogP contribution is 2.66. The normalized spacial score (nSPS) is 17.3. The Balaban J connectivity index is 1.21. The van der Waals surface area contributed by atoms with E-state index >= 15 is 0 Å². The minimum atomic E-state index is -5.75. The van der Waals surface area contributed by atoms with Crippen LogP contribution < -0.4 is 21.9 Å². The third-order valence-corrected chi connectivity index (χ3v) is 13.7. The van der Waals surface area contributed by atoms with E-state index in [2.05, 4.69) is 35.3 Å². The molecule has 2 aromatic carbocycles. The van der Waals surface area contributed by atoms with E-state index in [1.165, 1.54) is 12.1 Å². The van der Waals surface area contributed by atoms with E-state index in [1.54, 1.807) is 0 Å². The SMILES string of the molecule is N=c1[nH]c(=O)n(C2CCC(COP(=O)(O)OP(=O)(O)OP(=O)(O)O)O2)cc1C#CCNC(=O)c1cc(Cl)c(-c2c3cc(Cl)c(=O)cc-3oc3cc(O)c(Cl)cc23)c(C(=O)O)c1Cl. The van der Waals surface area contributed by atoms with Gasteiger partial charge < -0.3 is 44.3 Å². The van der Waals surface area contributed by atoms with Crippen molar-refractivity contribution in [1.29, 1.82) is 5.41 Å². The molecule has 1 aromatic heterocycles. The summed E-state index contributed by atoms with van der Waals surface area (Å²) in [6.45, 7) is -1.19. The quantitative estimate of drug-likeness (QED) is 0.0432. The van der Waals surface area contributed by atoms with Crippen LogP contribution in [-0.2, 0) is 31.6 Å². The number of aromatic nitrogens is 2. The molecule has 0 bridgehead atoms. The largest absolute Gasteiger partial charge is 0.506 e. The number of carbonyl (C=O) groups excluding carboxylic acids is 1. The van der Waals surface area contributed by atoms with Crippen LogP contribution in [0.15, 0.2) is 50.5 Å². The molecule has 22 nitrogen and oxygen atoms in total. The maximum absolute atomic E-state index is 13.4. The number of aromatic hydroxyl groups is 1. The number of aromatic carboxylic acids is 1. The van der Waals surface area contributed by atoms with Crippen molar-refractivity contribution < 1.29 is 75.4 Å². The van der Waals surface area contributed by atoms with Gasteiger partial charge in [0.1, 0.15) is 28.8 Å². The third kappa shape index (κ3) is 10.5. The topological polar surface area (TPSA) is 348 Å². The van der Waals surface area contributed by atoms with Crippen molar-refractivity contribution >= 4 is 92.7 Å². The summed E-state index contributed by atoms with van der Waals surface area (Å²) in [5.74, 6) is 2.16. The zero-order valence-electron chi connectivity index (χ0n) is 30.3. The average Bonchev–Trinajstić information content (AvgIpc) is 3.62. The molecular formula is C33H25Cl4N4O18P3. The fraction of sp³-hybridized carbons (Fsp3) is 0.182. The van der Waals surface area contributed by atoms with Crippen LogP contribution in [0.2, 0.25) is 20.1 Å².